The molecule has 2 aromatic rings. The predicted octanol–water partition coefficient (Wildman–Crippen LogP) is 3.68. The Labute approximate surface area is 120 Å². The quantitative estimate of drug-likeness (QED) is 0.813. The lowest BCUT2D eigenvalue weighted by molar-refractivity contribution is -0.0507. The molecular formula is C14H16F2N2OS. The maximum atomic E-state index is 12.3. The Morgan fingerprint density at radius 3 is 2.70 bits per heavy atom. The molecule has 0 N–H and O–H groups in total. The first-order chi connectivity index (χ1) is 9.54. The van der Waals surface area contributed by atoms with E-state index in [9.17, 15) is 8.78 Å². The Balaban J connectivity index is 2.01. The van der Waals surface area contributed by atoms with Crippen LogP contribution in [0.5, 0.6) is 5.75 Å². The highest BCUT2D eigenvalue weighted by atomic mass is 32.1. The molecule has 1 heterocycles. The van der Waals surface area contributed by atoms with E-state index < -0.39 is 6.61 Å². The lowest BCUT2D eigenvalue weighted by Gasteiger charge is -2.18. The summed E-state index contributed by atoms with van der Waals surface area (Å²) < 4.78 is 29.2. The Kier molecular flexibility index (Phi) is 5.03. The zero-order chi connectivity index (χ0) is 14.5. The minimum atomic E-state index is -2.80. The van der Waals surface area contributed by atoms with Crippen LogP contribution in [0.3, 0.4) is 0 Å². The highest BCUT2D eigenvalue weighted by Crippen LogP contribution is 2.22. The molecule has 2 rings (SSSR count). The molecule has 3 nitrogen and oxygen atoms in total. The normalized spacial score (nSPS) is 11.3. The average molecular weight is 298 g/mol. The maximum Gasteiger partial charge on any atom is 0.387 e. The number of rotatable bonds is 6. The number of benzene rings is 1. The fourth-order valence-corrected chi connectivity index (χ4v) is 2.81. The molecule has 0 saturated carbocycles. The van der Waals surface area contributed by atoms with Crippen LogP contribution in [0.25, 0.3) is 0 Å². The van der Waals surface area contributed by atoms with Gasteiger partial charge in [-0.3, -0.25) is 4.90 Å². The number of halogens is 2. The van der Waals surface area contributed by atoms with Gasteiger partial charge in [-0.2, -0.15) is 8.78 Å². The maximum absolute atomic E-state index is 12.3. The number of hydrogen-bond acceptors (Lipinski definition) is 4. The third-order valence-electron chi connectivity index (χ3n) is 2.72. The molecule has 0 aliphatic heterocycles. The minimum absolute atomic E-state index is 0.231. The van der Waals surface area contributed by atoms with Gasteiger partial charge in [-0.1, -0.05) is 18.2 Å². The monoisotopic (exact) mass is 298 g/mol. The number of nitrogens with zero attached hydrogens (tertiary/aromatic N) is 2. The molecule has 1 aromatic carbocycles. The van der Waals surface area contributed by atoms with Gasteiger partial charge in [0, 0.05) is 29.7 Å². The Morgan fingerprint density at radius 1 is 1.30 bits per heavy atom. The third kappa shape index (κ3) is 4.25. The Bertz CT molecular complexity index is 560. The lowest BCUT2D eigenvalue weighted by Crippen LogP contribution is -2.17. The van der Waals surface area contributed by atoms with Gasteiger partial charge in [0.05, 0.1) is 5.01 Å². The summed E-state index contributed by atoms with van der Waals surface area (Å²) in [5, 5.41) is 1.02. The van der Waals surface area contributed by atoms with E-state index in [0.717, 1.165) is 22.0 Å². The van der Waals surface area contributed by atoms with Crippen LogP contribution in [0.4, 0.5) is 8.78 Å². The van der Waals surface area contributed by atoms with Crippen molar-refractivity contribution in [2.75, 3.05) is 7.05 Å². The highest BCUT2D eigenvalue weighted by Gasteiger charge is 2.11. The van der Waals surface area contributed by atoms with Crippen LogP contribution < -0.4 is 4.74 Å². The highest BCUT2D eigenvalue weighted by molar-refractivity contribution is 7.11. The van der Waals surface area contributed by atoms with Gasteiger partial charge in [-0.25, -0.2) is 4.98 Å². The molecule has 20 heavy (non-hydrogen) atoms. The molecule has 0 radical (unpaired) electrons. The van der Waals surface area contributed by atoms with Crippen molar-refractivity contribution < 1.29 is 13.5 Å². The third-order valence-corrected chi connectivity index (χ3v) is 3.62. The summed E-state index contributed by atoms with van der Waals surface area (Å²) >= 11 is 1.64. The predicted molar refractivity (Wildman–Crippen MR) is 75.1 cm³/mol. The fraction of sp³-hybridized carbons (Fsp3) is 0.357. The zero-order valence-electron chi connectivity index (χ0n) is 11.3. The van der Waals surface area contributed by atoms with Gasteiger partial charge < -0.3 is 4.74 Å². The largest absolute Gasteiger partial charge is 0.434 e. The second-order valence-corrected chi connectivity index (χ2v) is 5.82. The first-order valence-electron chi connectivity index (χ1n) is 6.17. The fourth-order valence-electron chi connectivity index (χ4n) is 1.94. The van der Waals surface area contributed by atoms with E-state index in [4.69, 9.17) is 0 Å². The van der Waals surface area contributed by atoms with Crippen molar-refractivity contribution >= 4 is 11.3 Å². The molecule has 0 bridgehead atoms. The van der Waals surface area contributed by atoms with E-state index in [1.807, 2.05) is 31.1 Å². The molecule has 0 aliphatic carbocycles. The van der Waals surface area contributed by atoms with Gasteiger partial charge in [-0.15, -0.1) is 11.3 Å². The molecule has 0 unspecified atom stereocenters. The molecule has 108 valence electrons. The van der Waals surface area contributed by atoms with Crippen molar-refractivity contribution in [3.8, 4) is 5.75 Å². The SMILES string of the molecule is Cc1ncc(CN(C)Cc2ccccc2OC(F)F)s1. The number of hydrogen-bond donors (Lipinski definition) is 0. The van der Waals surface area contributed by atoms with E-state index >= 15 is 0 Å². The Hall–Kier alpha value is -1.53. The molecule has 0 saturated heterocycles. The van der Waals surface area contributed by atoms with E-state index in [2.05, 4.69) is 9.72 Å². The first kappa shape index (κ1) is 14.9. The first-order valence-corrected chi connectivity index (χ1v) is 6.99. The van der Waals surface area contributed by atoms with Gasteiger partial charge in [0.25, 0.3) is 0 Å². The van der Waals surface area contributed by atoms with Crippen molar-refractivity contribution in [2.24, 2.45) is 0 Å². The summed E-state index contributed by atoms with van der Waals surface area (Å²) in [7, 11) is 1.94. The molecule has 1 aromatic heterocycles. The van der Waals surface area contributed by atoms with Gasteiger partial charge in [-0.05, 0) is 20.0 Å². The topological polar surface area (TPSA) is 25.4 Å². The van der Waals surface area contributed by atoms with E-state index in [0.29, 0.717) is 6.54 Å². The number of alkyl halides is 2. The number of para-hydroxylation sites is 1. The van der Waals surface area contributed by atoms with Crippen LogP contribution in [0.15, 0.2) is 30.5 Å². The van der Waals surface area contributed by atoms with Crippen molar-refractivity contribution in [3.05, 3.63) is 45.9 Å². The van der Waals surface area contributed by atoms with Crippen LogP contribution in [0.1, 0.15) is 15.4 Å². The summed E-state index contributed by atoms with van der Waals surface area (Å²) in [4.78, 5) is 7.39. The average Bonchev–Trinajstić information content (AvgIpc) is 2.76. The van der Waals surface area contributed by atoms with Crippen LogP contribution in [-0.4, -0.2) is 23.5 Å². The smallest absolute Gasteiger partial charge is 0.387 e. The molecule has 0 spiro atoms. The van der Waals surface area contributed by atoms with Crippen molar-refractivity contribution in [2.45, 2.75) is 26.6 Å². The van der Waals surface area contributed by atoms with Gasteiger partial charge in [0.15, 0.2) is 0 Å². The van der Waals surface area contributed by atoms with E-state index in [-0.39, 0.29) is 5.75 Å². The van der Waals surface area contributed by atoms with E-state index in [1.54, 1.807) is 29.5 Å². The van der Waals surface area contributed by atoms with E-state index in [1.165, 1.54) is 0 Å². The van der Waals surface area contributed by atoms with Crippen molar-refractivity contribution in [3.63, 3.8) is 0 Å². The van der Waals surface area contributed by atoms with Crippen LogP contribution >= 0.6 is 11.3 Å². The molecule has 0 aliphatic rings. The number of thiazole rings is 1. The van der Waals surface area contributed by atoms with Crippen LogP contribution in [0, 0.1) is 6.92 Å². The molecule has 0 fully saturated rings. The second-order valence-electron chi connectivity index (χ2n) is 4.50. The lowest BCUT2D eigenvalue weighted by atomic mass is 10.2. The summed E-state index contributed by atoms with van der Waals surface area (Å²) in [6.07, 6.45) is 1.85. The zero-order valence-corrected chi connectivity index (χ0v) is 12.2. The number of ether oxygens (including phenoxy) is 1. The molecule has 0 amide bonds. The van der Waals surface area contributed by atoms with Gasteiger partial charge in [0.2, 0.25) is 0 Å². The molecule has 6 heteroatoms. The number of aryl methyl sites for hydroxylation is 1. The summed E-state index contributed by atoms with van der Waals surface area (Å²) in [5.74, 6) is 0.231. The van der Waals surface area contributed by atoms with Crippen molar-refractivity contribution in [1.82, 2.24) is 9.88 Å². The van der Waals surface area contributed by atoms with Crippen LogP contribution in [-0.2, 0) is 13.1 Å². The minimum Gasteiger partial charge on any atom is -0.434 e. The van der Waals surface area contributed by atoms with Crippen molar-refractivity contribution in [1.29, 1.82) is 0 Å². The summed E-state index contributed by atoms with van der Waals surface area (Å²) in [5.41, 5.74) is 0.747. The van der Waals surface area contributed by atoms with Gasteiger partial charge >= 0.3 is 6.61 Å². The summed E-state index contributed by atoms with van der Waals surface area (Å²) in [6.45, 7) is 0.430. The van der Waals surface area contributed by atoms with Gasteiger partial charge in [0.1, 0.15) is 5.75 Å². The van der Waals surface area contributed by atoms with Crippen LogP contribution in [0.2, 0.25) is 0 Å². The summed E-state index contributed by atoms with van der Waals surface area (Å²) in [6, 6.07) is 6.87. The Morgan fingerprint density at radius 2 is 2.05 bits per heavy atom. The molecule has 0 atom stereocenters. The standard InChI is InChI=1S/C14H16F2N2OS/c1-10-17-7-12(20-10)9-18(2)8-11-5-3-4-6-13(11)19-14(15)16/h3-7,14H,8-9H2,1-2H3. The number of aromatic nitrogens is 1. The molecular weight excluding hydrogens is 282 g/mol. The second kappa shape index (κ2) is 6.76.